The molecule has 0 saturated carbocycles. The van der Waals surface area contributed by atoms with Gasteiger partial charge in [0, 0.05) is 0 Å². The molecule has 9 nitrogen and oxygen atoms in total. The first kappa shape index (κ1) is 12.7. The average molecular weight is 261 g/mol. The van der Waals surface area contributed by atoms with Crippen LogP contribution in [0.1, 0.15) is 19.4 Å². The average Bonchev–Trinajstić information content (AvgIpc) is 2.66. The maximum atomic E-state index is 11.3. The van der Waals surface area contributed by atoms with Crippen LogP contribution < -0.4 is 11.1 Å². The minimum atomic E-state index is -1.11. The first-order valence-electron chi connectivity index (χ1n) is 5.34. The topological polar surface area (TPSA) is 136 Å². The van der Waals surface area contributed by atoms with Crippen molar-refractivity contribution >= 4 is 23.4 Å². The van der Waals surface area contributed by atoms with Crippen LogP contribution in [0, 0.1) is 0 Å². The predicted molar refractivity (Wildman–Crippen MR) is 65.2 cm³/mol. The molecule has 0 saturated heterocycles. The molecule has 1 aliphatic rings. The molecule has 1 aliphatic heterocycles. The van der Waals surface area contributed by atoms with Gasteiger partial charge in [-0.15, -0.1) is 10.2 Å². The minimum Gasteiger partial charge on any atom is -0.361 e. The lowest BCUT2D eigenvalue weighted by atomic mass is 10.1. The summed E-state index contributed by atoms with van der Waals surface area (Å²) < 4.78 is 0. The van der Waals surface area contributed by atoms with E-state index in [0.717, 1.165) is 0 Å². The molecule has 1 aromatic rings. The molecule has 0 spiro atoms. The number of primary amides is 1. The van der Waals surface area contributed by atoms with E-state index in [1.807, 2.05) is 0 Å². The van der Waals surface area contributed by atoms with Crippen molar-refractivity contribution in [3.05, 3.63) is 18.0 Å². The zero-order valence-electron chi connectivity index (χ0n) is 10.3. The Morgan fingerprint density at radius 3 is 2.53 bits per heavy atom. The smallest absolute Gasteiger partial charge is 0.311 e. The van der Waals surface area contributed by atoms with E-state index in [-0.39, 0.29) is 0 Å². The summed E-state index contributed by atoms with van der Waals surface area (Å²) in [6.45, 7) is 3.29. The summed E-state index contributed by atoms with van der Waals surface area (Å²) in [6.07, 6.45) is 2.90. The van der Waals surface area contributed by atoms with E-state index >= 15 is 0 Å². The van der Waals surface area contributed by atoms with Crippen LogP contribution in [0.2, 0.25) is 0 Å². The number of amidine groups is 1. The third kappa shape index (κ3) is 2.44. The number of aromatic nitrogens is 3. The molecular weight excluding hydrogens is 250 g/mol. The molecule has 2 amide bonds. The summed E-state index contributed by atoms with van der Waals surface area (Å²) in [5.74, 6) is -1.65. The second-order valence-corrected chi connectivity index (χ2v) is 4.06. The summed E-state index contributed by atoms with van der Waals surface area (Å²) >= 11 is 0. The molecule has 1 atom stereocenters. The van der Waals surface area contributed by atoms with Crippen LogP contribution in [0.5, 0.6) is 0 Å². The van der Waals surface area contributed by atoms with E-state index in [9.17, 15) is 9.59 Å². The molecule has 0 radical (unpaired) electrons. The quantitative estimate of drug-likeness (QED) is 0.618. The molecule has 1 aromatic heterocycles. The van der Waals surface area contributed by atoms with Gasteiger partial charge in [0.1, 0.15) is 0 Å². The first-order chi connectivity index (χ1) is 8.92. The third-order valence-electron chi connectivity index (χ3n) is 2.64. The van der Waals surface area contributed by atoms with Crippen molar-refractivity contribution in [2.45, 2.75) is 19.5 Å². The van der Waals surface area contributed by atoms with Gasteiger partial charge in [-0.3, -0.25) is 9.59 Å². The molecule has 0 fully saturated rings. The SMILES string of the molecule is CC1=NC(c2cnnnc2)=NC1(C)NC(=O)C(N)=O. The van der Waals surface area contributed by atoms with Crippen molar-refractivity contribution in [3.8, 4) is 0 Å². The van der Waals surface area contributed by atoms with E-state index in [0.29, 0.717) is 17.1 Å². The maximum Gasteiger partial charge on any atom is 0.311 e. The van der Waals surface area contributed by atoms with Crippen molar-refractivity contribution in [1.29, 1.82) is 0 Å². The fourth-order valence-corrected chi connectivity index (χ4v) is 1.47. The summed E-state index contributed by atoms with van der Waals surface area (Å²) in [4.78, 5) is 30.6. The lowest BCUT2D eigenvalue weighted by molar-refractivity contribution is -0.137. The highest BCUT2D eigenvalue weighted by molar-refractivity contribution is 6.35. The van der Waals surface area contributed by atoms with Gasteiger partial charge in [-0.25, -0.2) is 9.98 Å². The fourth-order valence-electron chi connectivity index (χ4n) is 1.47. The Bertz CT molecular complexity index is 595. The van der Waals surface area contributed by atoms with Crippen molar-refractivity contribution < 1.29 is 9.59 Å². The van der Waals surface area contributed by atoms with E-state index in [1.54, 1.807) is 13.8 Å². The molecule has 0 aliphatic carbocycles. The first-order valence-corrected chi connectivity index (χ1v) is 5.34. The highest BCUT2D eigenvalue weighted by Crippen LogP contribution is 2.19. The van der Waals surface area contributed by atoms with E-state index in [2.05, 4.69) is 30.7 Å². The number of nitrogens with two attached hydrogens (primary N) is 1. The monoisotopic (exact) mass is 261 g/mol. The number of rotatable bonds is 2. The van der Waals surface area contributed by atoms with E-state index in [4.69, 9.17) is 5.73 Å². The number of hydrogen-bond acceptors (Lipinski definition) is 7. The van der Waals surface area contributed by atoms with Gasteiger partial charge in [0.05, 0.1) is 23.7 Å². The highest BCUT2D eigenvalue weighted by atomic mass is 16.2. The van der Waals surface area contributed by atoms with Gasteiger partial charge in [-0.05, 0) is 19.1 Å². The van der Waals surface area contributed by atoms with Gasteiger partial charge in [0.15, 0.2) is 11.5 Å². The van der Waals surface area contributed by atoms with Crippen LogP contribution >= 0.6 is 0 Å². The standard InChI is InChI=1S/C10H11N7O2/c1-5-10(2,16-9(19)7(11)18)15-8(14-5)6-3-12-17-13-4-6/h3-4H,1-2H3,(H2,11,18)(H,16,19). The molecule has 19 heavy (non-hydrogen) atoms. The van der Waals surface area contributed by atoms with Crippen molar-refractivity contribution in [2.75, 3.05) is 0 Å². The summed E-state index contributed by atoms with van der Waals surface area (Å²) in [7, 11) is 0. The fraction of sp³-hybridized carbons (Fsp3) is 0.300. The van der Waals surface area contributed by atoms with Gasteiger partial charge < -0.3 is 11.1 Å². The molecule has 3 N–H and O–H groups in total. The van der Waals surface area contributed by atoms with Crippen LogP contribution in [0.3, 0.4) is 0 Å². The normalized spacial score (nSPS) is 21.6. The zero-order valence-corrected chi connectivity index (χ0v) is 10.3. The second-order valence-electron chi connectivity index (χ2n) is 4.06. The summed E-state index contributed by atoms with van der Waals surface area (Å²) in [5, 5.41) is 13.1. The zero-order chi connectivity index (χ0) is 14.0. The molecule has 2 heterocycles. The van der Waals surface area contributed by atoms with Crippen LogP contribution in [0.4, 0.5) is 0 Å². The lowest BCUT2D eigenvalue weighted by Gasteiger charge is -2.21. The molecule has 1 unspecified atom stereocenters. The number of amides is 2. The molecule has 9 heteroatoms. The van der Waals surface area contributed by atoms with Crippen molar-refractivity contribution in [2.24, 2.45) is 15.7 Å². The van der Waals surface area contributed by atoms with Gasteiger partial charge >= 0.3 is 11.8 Å². The number of nitrogens with one attached hydrogen (secondary N) is 1. The predicted octanol–water partition coefficient (Wildman–Crippen LogP) is -1.59. The van der Waals surface area contributed by atoms with E-state index < -0.39 is 17.5 Å². The Balaban J connectivity index is 2.30. The lowest BCUT2D eigenvalue weighted by Crippen LogP contribution is -2.52. The molecule has 0 bridgehead atoms. The van der Waals surface area contributed by atoms with Crippen molar-refractivity contribution in [1.82, 2.24) is 20.7 Å². The maximum absolute atomic E-state index is 11.3. The van der Waals surface area contributed by atoms with Crippen molar-refractivity contribution in [3.63, 3.8) is 0 Å². The van der Waals surface area contributed by atoms with Gasteiger partial charge in [-0.1, -0.05) is 0 Å². The number of carbonyl (C=O) groups is 2. The molecular formula is C10H11N7O2. The number of carbonyl (C=O) groups excluding carboxylic acids is 2. The van der Waals surface area contributed by atoms with Gasteiger partial charge in [0.2, 0.25) is 0 Å². The van der Waals surface area contributed by atoms with Crippen LogP contribution in [-0.2, 0) is 9.59 Å². The van der Waals surface area contributed by atoms with E-state index in [1.165, 1.54) is 12.4 Å². The highest BCUT2D eigenvalue weighted by Gasteiger charge is 2.35. The number of nitrogens with zero attached hydrogens (tertiary/aromatic N) is 5. The number of hydrogen-bond donors (Lipinski definition) is 2. The Morgan fingerprint density at radius 1 is 1.32 bits per heavy atom. The molecule has 0 aromatic carbocycles. The van der Waals surface area contributed by atoms with Gasteiger partial charge in [-0.2, -0.15) is 0 Å². The Labute approximate surface area is 108 Å². The largest absolute Gasteiger partial charge is 0.361 e. The Kier molecular flexibility index (Phi) is 3.03. The Morgan fingerprint density at radius 2 is 1.95 bits per heavy atom. The minimum absolute atomic E-state index is 0.354. The third-order valence-corrected chi connectivity index (χ3v) is 2.64. The summed E-state index contributed by atoms with van der Waals surface area (Å²) in [6, 6.07) is 0. The second kappa shape index (κ2) is 4.52. The number of aliphatic imine (C=N–C) groups is 2. The van der Waals surface area contributed by atoms with Gasteiger partial charge in [0.25, 0.3) is 0 Å². The van der Waals surface area contributed by atoms with Crippen LogP contribution in [0.15, 0.2) is 22.4 Å². The molecule has 2 rings (SSSR count). The summed E-state index contributed by atoms with van der Waals surface area (Å²) in [5.41, 5.74) is 4.87. The van der Waals surface area contributed by atoms with Crippen LogP contribution in [-0.4, -0.2) is 44.4 Å². The molecule has 98 valence electrons. The van der Waals surface area contributed by atoms with Crippen LogP contribution in [0.25, 0.3) is 0 Å². The Hall–Kier alpha value is -2.71.